The van der Waals surface area contributed by atoms with Gasteiger partial charge in [0.05, 0.1) is 52.4 Å². The fourth-order valence-electron chi connectivity index (χ4n) is 3.33. The number of rotatable bonds is 21. The molecule has 2 rings (SSSR count). The second kappa shape index (κ2) is 18.4. The maximum Gasteiger partial charge on any atom is 0.192 e. The maximum atomic E-state index is 13.1. The average Bonchev–Trinajstić information content (AvgIpc) is 2.91. The van der Waals surface area contributed by atoms with Crippen molar-refractivity contribution in [3.05, 3.63) is 59.9 Å². The van der Waals surface area contributed by atoms with Crippen molar-refractivity contribution in [2.45, 2.75) is 51.6 Å². The maximum absolute atomic E-state index is 13.1. The summed E-state index contributed by atoms with van der Waals surface area (Å²) in [6.07, 6.45) is -0.132. The molecule has 10 heteroatoms. The zero-order valence-corrected chi connectivity index (χ0v) is 25.7. The summed E-state index contributed by atoms with van der Waals surface area (Å²) in [4.78, 5) is 0. The third-order valence-corrected chi connectivity index (χ3v) is 11.1. The minimum Gasteiger partial charge on any atom is -0.491 e. The monoisotopic (exact) mass is 581 g/mol. The van der Waals surface area contributed by atoms with Crippen LogP contribution < -0.4 is 14.8 Å². The van der Waals surface area contributed by atoms with E-state index in [1.165, 1.54) is 12.1 Å². The van der Waals surface area contributed by atoms with E-state index in [4.69, 9.17) is 33.2 Å². The quantitative estimate of drug-likeness (QED) is 0.161. The molecule has 8 nitrogen and oxygen atoms in total. The zero-order valence-electron chi connectivity index (χ0n) is 24.7. The molecule has 0 saturated heterocycles. The molecule has 0 aliphatic carbocycles. The van der Waals surface area contributed by atoms with Gasteiger partial charge in [0.1, 0.15) is 30.5 Å². The summed E-state index contributed by atoms with van der Waals surface area (Å²) >= 11 is 0. The molecule has 1 atom stereocenters. The fraction of sp³-hybridized carbons (Fsp3) is 0.600. The van der Waals surface area contributed by atoms with Gasteiger partial charge in [-0.3, -0.25) is 0 Å². The number of ether oxygens (including phenoxy) is 5. The lowest BCUT2D eigenvalue weighted by molar-refractivity contribution is 0.00790. The van der Waals surface area contributed by atoms with E-state index in [1.807, 2.05) is 24.3 Å². The molecule has 0 amide bonds. The summed E-state index contributed by atoms with van der Waals surface area (Å²) in [7, 11) is -2.02. The van der Waals surface area contributed by atoms with Crippen molar-refractivity contribution in [1.82, 2.24) is 5.32 Å². The van der Waals surface area contributed by atoms with E-state index in [2.05, 4.69) is 39.2 Å². The Kier molecular flexibility index (Phi) is 15.7. The van der Waals surface area contributed by atoms with Gasteiger partial charge in [-0.15, -0.1) is 0 Å². The van der Waals surface area contributed by atoms with Crippen LogP contribution in [-0.4, -0.2) is 85.5 Å². The van der Waals surface area contributed by atoms with Gasteiger partial charge in [-0.25, -0.2) is 4.39 Å². The first kappa shape index (κ1) is 34.1. The van der Waals surface area contributed by atoms with Crippen LogP contribution in [0.3, 0.4) is 0 Å². The molecular weight excluding hydrogens is 533 g/mol. The minimum atomic E-state index is -2.02. The summed E-state index contributed by atoms with van der Waals surface area (Å²) in [6.45, 7) is 16.1. The highest BCUT2D eigenvalue weighted by Gasteiger charge is 2.39. The lowest BCUT2D eigenvalue weighted by Gasteiger charge is -2.39. The number of halogens is 1. The van der Waals surface area contributed by atoms with E-state index in [9.17, 15) is 4.39 Å². The highest BCUT2D eigenvalue weighted by atomic mass is 28.4. The molecule has 40 heavy (non-hydrogen) atoms. The standard InChI is InChI=1S/C30H48FNO7Si/c1-30(2,3)40(4,5)39-29(22-32-13-15-34-17-19-36-20-18-35-16-14-33)24-38-28-8-6-7-27(21-28)37-23-25-9-11-26(31)12-10-25/h6-12,21,29,32-33H,13-20,22-24H2,1-5H3/t29-/m1/s1. The molecule has 0 aliphatic heterocycles. The highest BCUT2D eigenvalue weighted by Crippen LogP contribution is 2.37. The van der Waals surface area contributed by atoms with Crippen LogP contribution in [0.4, 0.5) is 4.39 Å². The summed E-state index contributed by atoms with van der Waals surface area (Å²) in [5, 5.41) is 12.2. The van der Waals surface area contributed by atoms with E-state index in [0.717, 1.165) is 5.56 Å². The first-order valence-electron chi connectivity index (χ1n) is 13.9. The Morgan fingerprint density at radius 2 is 1.45 bits per heavy atom. The Morgan fingerprint density at radius 1 is 0.850 bits per heavy atom. The Balaban J connectivity index is 1.78. The first-order chi connectivity index (χ1) is 19.1. The molecule has 0 aliphatic rings. The minimum absolute atomic E-state index is 0.0200. The molecule has 0 heterocycles. The SMILES string of the molecule is CC(C)(C)[Si](C)(C)O[C@H](CNCCOCCOCCOCCO)COc1cccc(OCc2ccc(F)cc2)c1. The molecule has 0 unspecified atom stereocenters. The molecule has 0 saturated carbocycles. The summed E-state index contributed by atoms with van der Waals surface area (Å²) in [5.41, 5.74) is 0.891. The molecule has 2 aromatic rings. The second-order valence-electron chi connectivity index (χ2n) is 11.0. The normalized spacial score (nSPS) is 12.9. The van der Waals surface area contributed by atoms with Crippen molar-refractivity contribution in [2.24, 2.45) is 0 Å². The van der Waals surface area contributed by atoms with Crippen molar-refractivity contribution < 1.29 is 37.6 Å². The largest absolute Gasteiger partial charge is 0.491 e. The molecule has 226 valence electrons. The van der Waals surface area contributed by atoms with Crippen molar-refractivity contribution in [2.75, 3.05) is 65.9 Å². The summed E-state index contributed by atoms with van der Waals surface area (Å²) in [5.74, 6) is 1.12. The van der Waals surface area contributed by atoms with Crippen molar-refractivity contribution in [1.29, 1.82) is 0 Å². The van der Waals surface area contributed by atoms with Gasteiger partial charge in [-0.2, -0.15) is 0 Å². The lowest BCUT2D eigenvalue weighted by atomic mass is 10.2. The van der Waals surface area contributed by atoms with Crippen LogP contribution in [0, 0.1) is 5.82 Å². The third kappa shape index (κ3) is 14.0. The molecule has 0 fully saturated rings. The van der Waals surface area contributed by atoms with Crippen LogP contribution in [0.1, 0.15) is 26.3 Å². The Morgan fingerprint density at radius 3 is 2.08 bits per heavy atom. The smallest absolute Gasteiger partial charge is 0.192 e. The van der Waals surface area contributed by atoms with Crippen LogP contribution in [0.5, 0.6) is 11.5 Å². The predicted molar refractivity (Wildman–Crippen MR) is 157 cm³/mol. The number of hydrogen-bond acceptors (Lipinski definition) is 8. The van der Waals surface area contributed by atoms with E-state index < -0.39 is 8.32 Å². The summed E-state index contributed by atoms with van der Waals surface area (Å²) in [6, 6.07) is 13.8. The van der Waals surface area contributed by atoms with Crippen molar-refractivity contribution >= 4 is 8.32 Å². The topological polar surface area (TPSA) is 87.6 Å². The average molecular weight is 582 g/mol. The molecule has 0 spiro atoms. The Bertz CT molecular complexity index is 940. The van der Waals surface area contributed by atoms with Crippen LogP contribution in [0.25, 0.3) is 0 Å². The van der Waals surface area contributed by atoms with Gasteiger partial charge in [-0.05, 0) is 48.0 Å². The molecule has 0 bridgehead atoms. The lowest BCUT2D eigenvalue weighted by Crippen LogP contribution is -2.48. The van der Waals surface area contributed by atoms with Gasteiger partial charge in [-0.1, -0.05) is 39.0 Å². The van der Waals surface area contributed by atoms with E-state index in [-0.39, 0.29) is 23.6 Å². The van der Waals surface area contributed by atoms with Gasteiger partial charge in [0.2, 0.25) is 0 Å². The van der Waals surface area contributed by atoms with Gasteiger partial charge < -0.3 is 38.5 Å². The first-order valence-corrected chi connectivity index (χ1v) is 16.8. The number of nitrogens with one attached hydrogen (secondary N) is 1. The molecule has 2 aromatic carbocycles. The Labute approximate surface area is 240 Å². The van der Waals surface area contributed by atoms with E-state index >= 15 is 0 Å². The van der Waals surface area contributed by atoms with Crippen LogP contribution in [0.2, 0.25) is 18.1 Å². The summed E-state index contributed by atoms with van der Waals surface area (Å²) < 4.78 is 48.1. The van der Waals surface area contributed by atoms with Crippen molar-refractivity contribution in [3.63, 3.8) is 0 Å². The predicted octanol–water partition coefficient (Wildman–Crippen LogP) is 4.81. The third-order valence-electron chi connectivity index (χ3n) is 6.60. The van der Waals surface area contributed by atoms with E-state index in [1.54, 1.807) is 12.1 Å². The Hall–Kier alpha value is -2.05. The van der Waals surface area contributed by atoms with Crippen molar-refractivity contribution in [3.8, 4) is 11.5 Å². The van der Waals surface area contributed by atoms with Gasteiger partial charge in [0.25, 0.3) is 0 Å². The van der Waals surface area contributed by atoms with Crippen LogP contribution >= 0.6 is 0 Å². The van der Waals surface area contributed by atoms with Gasteiger partial charge >= 0.3 is 0 Å². The molecular formula is C30H48FNO7Si. The van der Waals surface area contributed by atoms with Crippen LogP contribution in [0.15, 0.2) is 48.5 Å². The molecule has 2 N–H and O–H groups in total. The number of aliphatic hydroxyl groups excluding tert-OH is 1. The molecule has 0 aromatic heterocycles. The number of hydrogen-bond donors (Lipinski definition) is 2. The molecule has 0 radical (unpaired) electrons. The van der Waals surface area contributed by atoms with Gasteiger partial charge in [0.15, 0.2) is 8.32 Å². The second-order valence-corrected chi connectivity index (χ2v) is 15.7. The fourth-order valence-corrected chi connectivity index (χ4v) is 4.67. The zero-order chi connectivity index (χ0) is 29.3. The number of benzene rings is 2. The van der Waals surface area contributed by atoms with Gasteiger partial charge in [0, 0.05) is 19.2 Å². The van der Waals surface area contributed by atoms with Crippen LogP contribution in [-0.2, 0) is 25.2 Å². The van der Waals surface area contributed by atoms with E-state index in [0.29, 0.717) is 77.4 Å². The highest BCUT2D eigenvalue weighted by molar-refractivity contribution is 6.74. The number of aliphatic hydroxyl groups is 1.